The molecule has 0 radical (unpaired) electrons. The van der Waals surface area contributed by atoms with Crippen molar-refractivity contribution < 1.29 is 18.3 Å². The van der Waals surface area contributed by atoms with Crippen molar-refractivity contribution in [3.05, 3.63) is 59.8 Å². The van der Waals surface area contributed by atoms with Gasteiger partial charge in [0.1, 0.15) is 5.69 Å². The van der Waals surface area contributed by atoms with E-state index in [4.69, 9.17) is 0 Å². The number of carboxylic acid groups (broad SMARTS) is 1. The van der Waals surface area contributed by atoms with E-state index in [0.29, 0.717) is 23.9 Å². The average Bonchev–Trinajstić information content (AvgIpc) is 3.05. The van der Waals surface area contributed by atoms with Crippen LogP contribution in [0.3, 0.4) is 0 Å². The van der Waals surface area contributed by atoms with Crippen molar-refractivity contribution >= 4 is 32.6 Å². The average molecular weight is 457 g/mol. The molecule has 2 aromatic carbocycles. The zero-order chi connectivity index (χ0) is 23.3. The van der Waals surface area contributed by atoms with Gasteiger partial charge in [-0.05, 0) is 36.6 Å². The third-order valence-electron chi connectivity index (χ3n) is 6.43. The van der Waals surface area contributed by atoms with Gasteiger partial charge in [0.05, 0.1) is 32.5 Å². The smallest absolute Gasteiger partial charge is 0.307 e. The number of nitrogens with zero attached hydrogens (tertiary/aromatic N) is 3. The van der Waals surface area contributed by atoms with Crippen molar-refractivity contribution in [2.24, 2.45) is 0 Å². The highest BCUT2D eigenvalue weighted by atomic mass is 32.2. The number of aliphatic carboxylic acids is 1. The number of fused-ring (bicyclic) bond motifs is 3. The zero-order valence-corrected chi connectivity index (χ0v) is 19.8. The van der Waals surface area contributed by atoms with Crippen LogP contribution < -0.4 is 4.48 Å². The van der Waals surface area contributed by atoms with Gasteiger partial charge in [-0.15, -0.1) is 0 Å². The quantitative estimate of drug-likeness (QED) is 0.578. The molecule has 0 fully saturated rings. The fourth-order valence-electron chi connectivity index (χ4n) is 4.60. The Labute approximate surface area is 189 Å². The van der Waals surface area contributed by atoms with Crippen LogP contribution in [0.2, 0.25) is 0 Å². The fourth-order valence-corrected chi connectivity index (χ4v) is 5.98. The van der Waals surface area contributed by atoms with Gasteiger partial charge in [0.15, 0.2) is 0 Å². The Hall–Kier alpha value is -2.68. The standard InChI is InChI=1S/C24H29N3O4S/c1-25(32(30,31)19-12-10-18(11-13-19)27(2,3)4)17-9-14-23-21(15-24(28)29)20-7-5-6-8-22(20)26(23)16-17/h5-8,10-13,17H,9,14-16H2,1-4H3/p+1/t17-/m1/s1. The van der Waals surface area contributed by atoms with Crippen LogP contribution in [0.1, 0.15) is 17.7 Å². The fraction of sp³-hybridized carbons (Fsp3) is 0.375. The van der Waals surface area contributed by atoms with E-state index in [9.17, 15) is 18.3 Å². The number of carboxylic acids is 1. The molecule has 1 aromatic heterocycles. The Morgan fingerprint density at radius 3 is 2.41 bits per heavy atom. The molecule has 0 saturated carbocycles. The second-order valence-electron chi connectivity index (χ2n) is 9.34. The zero-order valence-electron chi connectivity index (χ0n) is 18.9. The van der Waals surface area contributed by atoms with Crippen molar-refractivity contribution in [2.75, 3.05) is 28.2 Å². The largest absolute Gasteiger partial charge is 0.481 e. The summed E-state index contributed by atoms with van der Waals surface area (Å²) in [6.45, 7) is 0.502. The lowest BCUT2D eigenvalue weighted by molar-refractivity contribution is -0.136. The lowest BCUT2D eigenvalue weighted by atomic mass is 10.0. The molecule has 0 unspecified atom stereocenters. The minimum absolute atomic E-state index is 0.0275. The first-order valence-corrected chi connectivity index (χ1v) is 12.1. The van der Waals surface area contributed by atoms with E-state index in [2.05, 4.69) is 4.57 Å². The van der Waals surface area contributed by atoms with E-state index in [1.165, 1.54) is 4.31 Å². The van der Waals surface area contributed by atoms with E-state index in [1.807, 2.05) is 57.5 Å². The molecule has 1 atom stereocenters. The van der Waals surface area contributed by atoms with Crippen LogP contribution in [0.4, 0.5) is 5.69 Å². The Bertz CT molecular complexity index is 1270. The van der Waals surface area contributed by atoms with Gasteiger partial charge in [0, 0.05) is 48.4 Å². The molecule has 0 aliphatic carbocycles. The van der Waals surface area contributed by atoms with Gasteiger partial charge in [-0.2, -0.15) is 4.31 Å². The Morgan fingerprint density at radius 1 is 1.12 bits per heavy atom. The van der Waals surface area contributed by atoms with Gasteiger partial charge in [-0.1, -0.05) is 18.2 Å². The highest BCUT2D eigenvalue weighted by molar-refractivity contribution is 7.89. The van der Waals surface area contributed by atoms with Crippen LogP contribution in [0, 0.1) is 0 Å². The molecule has 7 nitrogen and oxygen atoms in total. The third-order valence-corrected chi connectivity index (χ3v) is 8.36. The number of aromatic nitrogens is 1. The van der Waals surface area contributed by atoms with Gasteiger partial charge in [0.25, 0.3) is 0 Å². The topological polar surface area (TPSA) is 79.6 Å². The van der Waals surface area contributed by atoms with E-state index < -0.39 is 16.0 Å². The number of likely N-dealkylation sites (N-methyl/N-ethyl adjacent to an activating group) is 1. The van der Waals surface area contributed by atoms with E-state index in [1.54, 1.807) is 19.2 Å². The van der Waals surface area contributed by atoms with Crippen molar-refractivity contribution in [1.29, 1.82) is 0 Å². The van der Waals surface area contributed by atoms with Gasteiger partial charge in [-0.3, -0.25) is 9.28 Å². The highest BCUT2D eigenvalue weighted by Crippen LogP contribution is 2.33. The summed E-state index contributed by atoms with van der Waals surface area (Å²) in [5, 5.41) is 10.3. The SMILES string of the molecule is CN([C@@H]1CCc2c(CC(=O)O)c3ccccc3n2C1)S(=O)(=O)c1ccc([N+](C)(C)C)cc1. The summed E-state index contributed by atoms with van der Waals surface area (Å²) < 4.78 is 30.9. The van der Waals surface area contributed by atoms with Crippen molar-refractivity contribution in [2.45, 2.75) is 36.7 Å². The molecule has 3 aromatic rings. The van der Waals surface area contributed by atoms with Crippen LogP contribution in [0.15, 0.2) is 53.4 Å². The van der Waals surface area contributed by atoms with E-state index in [-0.39, 0.29) is 17.4 Å². The first kappa shape index (κ1) is 22.5. The normalized spacial score (nSPS) is 17.0. The number of benzene rings is 2. The molecule has 1 aliphatic heterocycles. The molecule has 0 spiro atoms. The highest BCUT2D eigenvalue weighted by Gasteiger charge is 2.33. The maximum atomic E-state index is 13.4. The summed E-state index contributed by atoms with van der Waals surface area (Å²) in [7, 11) is 4.10. The third kappa shape index (κ3) is 3.94. The first-order chi connectivity index (χ1) is 15.0. The first-order valence-electron chi connectivity index (χ1n) is 10.7. The predicted octanol–water partition coefficient (Wildman–Crippen LogP) is 3.10. The molecular formula is C24H30N3O4S+. The van der Waals surface area contributed by atoms with Gasteiger partial charge in [-0.25, -0.2) is 8.42 Å². The van der Waals surface area contributed by atoms with E-state index >= 15 is 0 Å². The summed E-state index contributed by atoms with van der Waals surface area (Å²) in [5.74, 6) is -0.858. The number of hydrogen-bond donors (Lipinski definition) is 1. The van der Waals surface area contributed by atoms with Gasteiger partial charge in [0.2, 0.25) is 10.0 Å². The number of carbonyl (C=O) groups is 1. The molecule has 4 rings (SSSR count). The minimum atomic E-state index is -3.65. The molecule has 0 saturated heterocycles. The summed E-state index contributed by atoms with van der Waals surface area (Å²) in [4.78, 5) is 11.7. The van der Waals surface area contributed by atoms with Crippen molar-refractivity contribution in [1.82, 2.24) is 13.4 Å². The van der Waals surface area contributed by atoms with Crippen molar-refractivity contribution in [3.8, 4) is 0 Å². The lowest BCUT2D eigenvalue weighted by Crippen LogP contribution is -2.42. The predicted molar refractivity (Wildman–Crippen MR) is 126 cm³/mol. The molecule has 0 bridgehead atoms. The number of para-hydroxylation sites is 1. The lowest BCUT2D eigenvalue weighted by Gasteiger charge is -2.32. The Morgan fingerprint density at radius 2 is 1.78 bits per heavy atom. The second-order valence-corrected chi connectivity index (χ2v) is 11.3. The van der Waals surface area contributed by atoms with Crippen LogP contribution >= 0.6 is 0 Å². The second kappa shape index (κ2) is 8.03. The molecule has 2 heterocycles. The minimum Gasteiger partial charge on any atom is -0.481 e. The maximum Gasteiger partial charge on any atom is 0.307 e. The maximum absolute atomic E-state index is 13.4. The van der Waals surface area contributed by atoms with Crippen molar-refractivity contribution in [3.63, 3.8) is 0 Å². The number of hydrogen-bond acceptors (Lipinski definition) is 3. The Kier molecular flexibility index (Phi) is 5.65. The molecule has 1 N–H and O–H groups in total. The molecule has 8 heteroatoms. The number of sulfonamides is 1. The number of rotatable bonds is 6. The molecule has 1 aliphatic rings. The molecule has 32 heavy (non-hydrogen) atoms. The van der Waals surface area contributed by atoms with Crippen LogP contribution in [0.5, 0.6) is 0 Å². The molecule has 170 valence electrons. The van der Waals surface area contributed by atoms with Gasteiger partial charge >= 0.3 is 5.97 Å². The van der Waals surface area contributed by atoms with Crippen LogP contribution in [-0.4, -0.2) is 62.6 Å². The van der Waals surface area contributed by atoms with Crippen LogP contribution in [0.25, 0.3) is 10.9 Å². The van der Waals surface area contributed by atoms with E-state index in [0.717, 1.165) is 27.8 Å². The molecule has 0 amide bonds. The Balaban J connectivity index is 1.65. The summed E-state index contributed by atoms with van der Waals surface area (Å²) in [6, 6.07) is 14.6. The monoisotopic (exact) mass is 456 g/mol. The summed E-state index contributed by atoms with van der Waals surface area (Å²) in [5.41, 5.74) is 3.83. The summed E-state index contributed by atoms with van der Waals surface area (Å²) >= 11 is 0. The summed E-state index contributed by atoms with van der Waals surface area (Å²) in [6.07, 6.45) is 1.26. The number of quaternary nitrogens is 1. The van der Waals surface area contributed by atoms with Crippen LogP contribution in [-0.2, 0) is 34.2 Å². The van der Waals surface area contributed by atoms with Gasteiger partial charge < -0.3 is 9.67 Å². The molecular weight excluding hydrogens is 426 g/mol.